The minimum Gasteiger partial charge on any atom is -0.396 e. The number of aliphatic hydroxyl groups excluding tert-OH is 1. The number of nitrogens with zero attached hydrogens (tertiary/aromatic N) is 2. The predicted octanol–water partition coefficient (Wildman–Crippen LogP) is 2.58. The van der Waals surface area contributed by atoms with Crippen molar-refractivity contribution in [3.63, 3.8) is 0 Å². The second kappa shape index (κ2) is 7.72. The van der Waals surface area contributed by atoms with Crippen molar-refractivity contribution < 1.29 is 9.84 Å². The Morgan fingerprint density at radius 3 is 2.68 bits per heavy atom. The third kappa shape index (κ3) is 3.76. The molecule has 0 saturated carbocycles. The van der Waals surface area contributed by atoms with Gasteiger partial charge in [-0.15, -0.1) is 11.3 Å². The lowest BCUT2D eigenvalue weighted by molar-refractivity contribution is 0.0264. The topological polar surface area (TPSA) is 35.9 Å². The van der Waals surface area contributed by atoms with E-state index in [-0.39, 0.29) is 0 Å². The van der Waals surface area contributed by atoms with Gasteiger partial charge >= 0.3 is 0 Å². The average molecular weight is 361 g/mol. The van der Waals surface area contributed by atoms with Crippen molar-refractivity contribution in [1.82, 2.24) is 9.80 Å². The summed E-state index contributed by atoms with van der Waals surface area (Å²) in [5.41, 5.74) is 1.48. The monoisotopic (exact) mass is 360 g/mol. The Balaban J connectivity index is 1.45. The number of thiophene rings is 1. The molecule has 1 aromatic heterocycles. The van der Waals surface area contributed by atoms with Crippen molar-refractivity contribution in [3.05, 3.63) is 34.7 Å². The number of aliphatic hydroxyl groups is 1. The van der Waals surface area contributed by atoms with E-state index in [1.165, 1.54) is 20.5 Å². The molecule has 0 radical (unpaired) electrons. The molecular formula is C20H28N2O2S. The maximum Gasteiger partial charge on any atom is 0.0594 e. The number of rotatable bonds is 5. The van der Waals surface area contributed by atoms with E-state index in [1.54, 1.807) is 0 Å². The number of hydrogen-bond donors (Lipinski definition) is 1. The summed E-state index contributed by atoms with van der Waals surface area (Å²) in [4.78, 5) is 6.48. The Morgan fingerprint density at radius 2 is 1.88 bits per heavy atom. The molecule has 0 bridgehead atoms. The Hall–Kier alpha value is -0.980. The standard InChI is InChI=1S/C20H28N2O2S/c1-15-19(18-4-2-3-5-20(18)25-15)13-22-11-16(17(12-22)14-23)10-21-6-8-24-9-7-21/h2-5,16-17,23H,6-14H2,1H3/t16-,17-/m1/s1. The lowest BCUT2D eigenvalue weighted by Crippen LogP contribution is -2.41. The molecule has 0 spiro atoms. The SMILES string of the molecule is Cc1sc2ccccc2c1CN1C[C@@H](CN2CCOCC2)[C@@H](CO)C1. The van der Waals surface area contributed by atoms with Crippen molar-refractivity contribution in [3.8, 4) is 0 Å². The van der Waals surface area contributed by atoms with Crippen LogP contribution in [-0.4, -0.2) is 67.5 Å². The number of fused-ring (bicyclic) bond motifs is 1. The van der Waals surface area contributed by atoms with Crippen LogP contribution < -0.4 is 0 Å². The van der Waals surface area contributed by atoms with Crippen LogP contribution in [0.3, 0.4) is 0 Å². The van der Waals surface area contributed by atoms with Crippen molar-refractivity contribution in [2.45, 2.75) is 13.5 Å². The normalized spacial score (nSPS) is 25.8. The van der Waals surface area contributed by atoms with Crippen LogP contribution in [0.15, 0.2) is 24.3 Å². The molecule has 5 heteroatoms. The van der Waals surface area contributed by atoms with Crippen molar-refractivity contribution in [2.75, 3.05) is 52.5 Å². The number of hydrogen-bond acceptors (Lipinski definition) is 5. The van der Waals surface area contributed by atoms with Gasteiger partial charge in [-0.25, -0.2) is 0 Å². The molecule has 0 unspecified atom stereocenters. The smallest absolute Gasteiger partial charge is 0.0594 e. The van der Waals surface area contributed by atoms with Crippen LogP contribution in [0.2, 0.25) is 0 Å². The first-order valence-electron chi connectivity index (χ1n) is 9.35. The van der Waals surface area contributed by atoms with E-state index in [2.05, 4.69) is 41.0 Å². The van der Waals surface area contributed by atoms with Crippen LogP contribution in [0.4, 0.5) is 0 Å². The first-order chi connectivity index (χ1) is 12.2. The predicted molar refractivity (Wildman–Crippen MR) is 103 cm³/mol. The molecule has 2 saturated heterocycles. The molecule has 4 nitrogen and oxygen atoms in total. The van der Waals surface area contributed by atoms with Crippen LogP contribution in [0.1, 0.15) is 10.4 Å². The maximum absolute atomic E-state index is 9.87. The molecule has 136 valence electrons. The van der Waals surface area contributed by atoms with Gasteiger partial charge in [0.1, 0.15) is 0 Å². The number of morpholine rings is 1. The van der Waals surface area contributed by atoms with E-state index in [0.717, 1.165) is 52.5 Å². The highest BCUT2D eigenvalue weighted by molar-refractivity contribution is 7.19. The summed E-state index contributed by atoms with van der Waals surface area (Å²) in [7, 11) is 0. The van der Waals surface area contributed by atoms with Gasteiger partial charge in [-0.2, -0.15) is 0 Å². The minimum atomic E-state index is 0.300. The van der Waals surface area contributed by atoms with Gasteiger partial charge in [-0.1, -0.05) is 18.2 Å². The number of likely N-dealkylation sites (tertiary alicyclic amines) is 1. The lowest BCUT2D eigenvalue weighted by atomic mass is 9.96. The Morgan fingerprint density at radius 1 is 1.12 bits per heavy atom. The fraction of sp³-hybridized carbons (Fsp3) is 0.600. The van der Waals surface area contributed by atoms with E-state index < -0.39 is 0 Å². The highest BCUT2D eigenvalue weighted by Crippen LogP contribution is 2.33. The molecule has 25 heavy (non-hydrogen) atoms. The van der Waals surface area contributed by atoms with Gasteiger partial charge in [-0.3, -0.25) is 9.80 Å². The summed E-state index contributed by atoms with van der Waals surface area (Å²) in [6, 6.07) is 8.73. The quantitative estimate of drug-likeness (QED) is 0.889. The molecule has 0 aliphatic carbocycles. The third-order valence-electron chi connectivity index (χ3n) is 5.76. The molecule has 2 fully saturated rings. The minimum absolute atomic E-state index is 0.300. The van der Waals surface area contributed by atoms with Crippen molar-refractivity contribution in [2.24, 2.45) is 11.8 Å². The van der Waals surface area contributed by atoms with Gasteiger partial charge in [-0.05, 0) is 35.8 Å². The highest BCUT2D eigenvalue weighted by Gasteiger charge is 2.34. The van der Waals surface area contributed by atoms with Crippen LogP contribution in [-0.2, 0) is 11.3 Å². The molecular weight excluding hydrogens is 332 g/mol. The largest absolute Gasteiger partial charge is 0.396 e. The Kier molecular flexibility index (Phi) is 5.39. The molecule has 2 aliphatic rings. The zero-order valence-corrected chi connectivity index (χ0v) is 15.8. The van der Waals surface area contributed by atoms with Gasteiger partial charge in [0, 0.05) is 55.5 Å². The first-order valence-corrected chi connectivity index (χ1v) is 10.2. The highest BCUT2D eigenvalue weighted by atomic mass is 32.1. The summed E-state index contributed by atoms with van der Waals surface area (Å²) in [6.07, 6.45) is 0. The Bertz CT molecular complexity index is 711. The summed E-state index contributed by atoms with van der Waals surface area (Å²) in [5, 5.41) is 11.3. The molecule has 3 heterocycles. The fourth-order valence-electron chi connectivity index (χ4n) is 4.34. The van der Waals surface area contributed by atoms with Gasteiger partial charge in [0.15, 0.2) is 0 Å². The zero-order valence-electron chi connectivity index (χ0n) is 15.0. The van der Waals surface area contributed by atoms with Crippen LogP contribution >= 0.6 is 11.3 Å². The molecule has 2 aliphatic heterocycles. The molecule has 2 atom stereocenters. The van der Waals surface area contributed by atoms with E-state index in [0.29, 0.717) is 18.4 Å². The number of benzene rings is 1. The molecule has 2 aromatic rings. The van der Waals surface area contributed by atoms with Gasteiger partial charge in [0.25, 0.3) is 0 Å². The van der Waals surface area contributed by atoms with Crippen LogP contribution in [0.5, 0.6) is 0 Å². The summed E-state index contributed by atoms with van der Waals surface area (Å²) in [6.45, 7) is 10.5. The molecule has 1 N–H and O–H groups in total. The van der Waals surface area contributed by atoms with Gasteiger partial charge in [0.2, 0.25) is 0 Å². The number of ether oxygens (including phenoxy) is 1. The Labute approximate surface area is 154 Å². The number of aryl methyl sites for hydroxylation is 1. The van der Waals surface area contributed by atoms with E-state index in [4.69, 9.17) is 4.74 Å². The van der Waals surface area contributed by atoms with Gasteiger partial charge in [0.05, 0.1) is 13.2 Å². The van der Waals surface area contributed by atoms with Crippen LogP contribution in [0.25, 0.3) is 10.1 Å². The molecule has 4 rings (SSSR count). The summed E-state index contributed by atoms with van der Waals surface area (Å²) in [5.74, 6) is 0.960. The van der Waals surface area contributed by atoms with Crippen molar-refractivity contribution in [1.29, 1.82) is 0 Å². The molecule has 1 aromatic carbocycles. The first kappa shape index (κ1) is 17.4. The summed E-state index contributed by atoms with van der Waals surface area (Å²) >= 11 is 1.90. The van der Waals surface area contributed by atoms with E-state index >= 15 is 0 Å². The maximum atomic E-state index is 9.87. The second-order valence-corrected chi connectivity index (χ2v) is 8.70. The molecule has 0 amide bonds. The fourth-order valence-corrected chi connectivity index (χ4v) is 5.41. The summed E-state index contributed by atoms with van der Waals surface area (Å²) < 4.78 is 6.85. The zero-order chi connectivity index (χ0) is 17.2. The van der Waals surface area contributed by atoms with E-state index in [9.17, 15) is 5.11 Å². The van der Waals surface area contributed by atoms with E-state index in [1.807, 2.05) is 11.3 Å². The second-order valence-electron chi connectivity index (χ2n) is 7.44. The van der Waals surface area contributed by atoms with Crippen molar-refractivity contribution >= 4 is 21.4 Å². The van der Waals surface area contributed by atoms with Gasteiger partial charge < -0.3 is 9.84 Å². The average Bonchev–Trinajstić information content (AvgIpc) is 3.17. The third-order valence-corrected chi connectivity index (χ3v) is 6.89. The van der Waals surface area contributed by atoms with Crippen LogP contribution in [0, 0.1) is 18.8 Å². The lowest BCUT2D eigenvalue weighted by Gasteiger charge is -2.30.